The Balaban J connectivity index is 1.49. The van der Waals surface area contributed by atoms with Crippen molar-refractivity contribution in [2.45, 2.75) is 64.4 Å². The summed E-state index contributed by atoms with van der Waals surface area (Å²) in [5, 5.41) is 0. The number of rotatable bonds is 3. The molecule has 1 fully saturated rings. The molecule has 10 heteroatoms. The number of likely N-dealkylation sites (tertiary alicyclic amines) is 1. The van der Waals surface area contributed by atoms with Gasteiger partial charge in [0.05, 0.1) is 11.3 Å². The van der Waals surface area contributed by atoms with Gasteiger partial charge >= 0.3 is 12.3 Å². The fourth-order valence-corrected chi connectivity index (χ4v) is 4.49. The van der Waals surface area contributed by atoms with Gasteiger partial charge in [0, 0.05) is 43.3 Å². The second-order valence-electron chi connectivity index (χ2n) is 9.87. The van der Waals surface area contributed by atoms with Gasteiger partial charge in [0.1, 0.15) is 11.4 Å². The van der Waals surface area contributed by atoms with Gasteiger partial charge in [-0.2, -0.15) is 13.2 Å². The first-order valence-corrected chi connectivity index (χ1v) is 11.4. The molecule has 3 heterocycles. The number of halogens is 3. The molecule has 0 aliphatic carbocycles. The van der Waals surface area contributed by atoms with Crippen LogP contribution in [0.3, 0.4) is 0 Å². The van der Waals surface area contributed by atoms with E-state index in [0.717, 1.165) is 25.0 Å². The summed E-state index contributed by atoms with van der Waals surface area (Å²) in [5.41, 5.74) is 0.0455. The fourth-order valence-electron chi connectivity index (χ4n) is 4.49. The summed E-state index contributed by atoms with van der Waals surface area (Å²) in [6.07, 6.45) is -2.44. The molecule has 0 spiro atoms. The Bertz CT molecular complexity index is 1110. The lowest BCUT2D eigenvalue weighted by molar-refractivity contribution is -0.137. The number of nitrogens with zero attached hydrogens (tertiary/aromatic N) is 3. The molecule has 2 aliphatic heterocycles. The van der Waals surface area contributed by atoms with Gasteiger partial charge in [-0.1, -0.05) is 12.1 Å². The SMILES string of the molecule is CC(C)(C)OC(=O)N1CCCC1CN1CCc2c(nc(-c3ccc(C(F)(F)F)cc3)[nH]c2=O)C1. The maximum Gasteiger partial charge on any atom is 0.416 e. The molecule has 0 radical (unpaired) electrons. The highest BCUT2D eigenvalue weighted by Crippen LogP contribution is 2.30. The van der Waals surface area contributed by atoms with Crippen LogP contribution in [-0.4, -0.2) is 57.1 Å². The molecule has 2 aromatic rings. The first-order valence-electron chi connectivity index (χ1n) is 11.4. The van der Waals surface area contributed by atoms with Crippen LogP contribution in [-0.2, 0) is 23.9 Å². The van der Waals surface area contributed by atoms with Crippen LogP contribution in [0, 0.1) is 0 Å². The second-order valence-corrected chi connectivity index (χ2v) is 9.87. The second kappa shape index (κ2) is 9.05. The van der Waals surface area contributed by atoms with Gasteiger partial charge < -0.3 is 14.6 Å². The Morgan fingerprint density at radius 2 is 1.88 bits per heavy atom. The van der Waals surface area contributed by atoms with Crippen LogP contribution in [0.5, 0.6) is 0 Å². The number of hydrogen-bond donors (Lipinski definition) is 1. The Hall–Kier alpha value is -2.88. The molecule has 1 unspecified atom stereocenters. The van der Waals surface area contributed by atoms with Crippen molar-refractivity contribution in [1.29, 1.82) is 0 Å². The Morgan fingerprint density at radius 3 is 2.53 bits per heavy atom. The molecule has 184 valence electrons. The number of aromatic amines is 1. The number of carbonyl (C=O) groups excluding carboxylic acids is 1. The molecule has 34 heavy (non-hydrogen) atoms. The van der Waals surface area contributed by atoms with E-state index in [2.05, 4.69) is 14.9 Å². The van der Waals surface area contributed by atoms with E-state index in [1.54, 1.807) is 4.90 Å². The lowest BCUT2D eigenvalue weighted by Crippen LogP contribution is -2.46. The number of H-pyrrole nitrogens is 1. The van der Waals surface area contributed by atoms with Gasteiger partial charge in [-0.25, -0.2) is 9.78 Å². The molecule has 7 nitrogen and oxygen atoms in total. The molecule has 0 bridgehead atoms. The molecule has 4 rings (SSSR count). The van der Waals surface area contributed by atoms with Crippen LogP contribution < -0.4 is 5.56 Å². The summed E-state index contributed by atoms with van der Waals surface area (Å²) in [6.45, 7) is 7.92. The molecule has 1 atom stereocenters. The number of benzene rings is 1. The van der Waals surface area contributed by atoms with Crippen molar-refractivity contribution in [2.24, 2.45) is 0 Å². The van der Waals surface area contributed by atoms with Crippen molar-refractivity contribution in [2.75, 3.05) is 19.6 Å². The Labute approximate surface area is 195 Å². The molecular formula is C24H29F3N4O3. The van der Waals surface area contributed by atoms with Gasteiger partial charge in [0.15, 0.2) is 0 Å². The zero-order valence-electron chi connectivity index (χ0n) is 19.5. The van der Waals surface area contributed by atoms with Crippen LogP contribution in [0.2, 0.25) is 0 Å². The van der Waals surface area contributed by atoms with E-state index < -0.39 is 17.3 Å². The Kier molecular flexibility index (Phi) is 6.46. The van der Waals surface area contributed by atoms with Crippen molar-refractivity contribution in [3.63, 3.8) is 0 Å². The quantitative estimate of drug-likeness (QED) is 0.715. The van der Waals surface area contributed by atoms with E-state index in [4.69, 9.17) is 4.74 Å². The van der Waals surface area contributed by atoms with E-state index >= 15 is 0 Å². The molecule has 1 amide bonds. The third-order valence-electron chi connectivity index (χ3n) is 6.11. The van der Waals surface area contributed by atoms with Crippen molar-refractivity contribution in [3.05, 3.63) is 51.4 Å². The lowest BCUT2D eigenvalue weighted by atomic mass is 10.0. The smallest absolute Gasteiger partial charge is 0.416 e. The van der Waals surface area contributed by atoms with E-state index in [9.17, 15) is 22.8 Å². The van der Waals surface area contributed by atoms with Crippen LogP contribution in [0.15, 0.2) is 29.1 Å². The number of hydrogen-bond acceptors (Lipinski definition) is 5. The van der Waals surface area contributed by atoms with Gasteiger partial charge in [0.25, 0.3) is 5.56 Å². The molecule has 1 aromatic heterocycles. The van der Waals surface area contributed by atoms with E-state index in [-0.39, 0.29) is 23.5 Å². The molecule has 1 N–H and O–H groups in total. The zero-order valence-corrected chi connectivity index (χ0v) is 19.5. The first kappa shape index (κ1) is 24.3. The summed E-state index contributed by atoms with van der Waals surface area (Å²) in [4.78, 5) is 36.5. The van der Waals surface area contributed by atoms with E-state index in [1.165, 1.54) is 12.1 Å². The summed E-state index contributed by atoms with van der Waals surface area (Å²) < 4.78 is 44.2. The summed E-state index contributed by atoms with van der Waals surface area (Å²) >= 11 is 0. The number of aromatic nitrogens is 2. The van der Waals surface area contributed by atoms with Gasteiger partial charge in [0.2, 0.25) is 0 Å². The number of nitrogens with one attached hydrogen (secondary N) is 1. The highest BCUT2D eigenvalue weighted by molar-refractivity contribution is 5.69. The van der Waals surface area contributed by atoms with Gasteiger partial charge in [-0.3, -0.25) is 9.69 Å². The number of fused-ring (bicyclic) bond motifs is 1. The van der Waals surface area contributed by atoms with Crippen LogP contribution in [0.25, 0.3) is 11.4 Å². The molecule has 2 aliphatic rings. The van der Waals surface area contributed by atoms with E-state index in [1.807, 2.05) is 20.8 Å². The number of ether oxygens (including phenoxy) is 1. The van der Waals surface area contributed by atoms with Crippen molar-refractivity contribution in [3.8, 4) is 11.4 Å². The van der Waals surface area contributed by atoms with Crippen molar-refractivity contribution in [1.82, 2.24) is 19.8 Å². The van der Waals surface area contributed by atoms with Crippen molar-refractivity contribution < 1.29 is 22.7 Å². The summed E-state index contributed by atoms with van der Waals surface area (Å²) in [6, 6.07) is 4.60. The Morgan fingerprint density at radius 1 is 1.18 bits per heavy atom. The van der Waals surface area contributed by atoms with Gasteiger partial charge in [-0.15, -0.1) is 0 Å². The largest absolute Gasteiger partial charge is 0.444 e. The highest BCUT2D eigenvalue weighted by atomic mass is 19.4. The van der Waals surface area contributed by atoms with Crippen LogP contribution >= 0.6 is 0 Å². The molecule has 0 saturated carbocycles. The number of alkyl halides is 3. The normalized spacial score (nSPS) is 19.2. The fraction of sp³-hybridized carbons (Fsp3) is 0.542. The minimum atomic E-state index is -4.43. The predicted molar refractivity (Wildman–Crippen MR) is 120 cm³/mol. The predicted octanol–water partition coefficient (Wildman–Crippen LogP) is 4.21. The topological polar surface area (TPSA) is 78.5 Å². The maximum atomic E-state index is 12.9. The standard InChI is InChI=1S/C24H29F3N4O3/c1-23(2,3)34-22(33)31-11-4-5-17(31)13-30-12-10-18-19(14-30)28-20(29-21(18)32)15-6-8-16(9-7-15)24(25,26)27/h6-9,17H,4-5,10-14H2,1-3H3,(H,28,29,32). The summed E-state index contributed by atoms with van der Waals surface area (Å²) in [5.74, 6) is 0.246. The molecular weight excluding hydrogens is 449 g/mol. The monoisotopic (exact) mass is 478 g/mol. The first-order chi connectivity index (χ1) is 15.9. The highest BCUT2D eigenvalue weighted by Gasteiger charge is 2.34. The average molecular weight is 479 g/mol. The minimum Gasteiger partial charge on any atom is -0.444 e. The third-order valence-corrected chi connectivity index (χ3v) is 6.11. The van der Waals surface area contributed by atoms with E-state index in [0.29, 0.717) is 49.4 Å². The minimum absolute atomic E-state index is 0.0211. The lowest BCUT2D eigenvalue weighted by Gasteiger charge is -2.34. The van der Waals surface area contributed by atoms with Crippen molar-refractivity contribution >= 4 is 6.09 Å². The average Bonchev–Trinajstić information content (AvgIpc) is 3.20. The van der Waals surface area contributed by atoms with Crippen LogP contribution in [0.4, 0.5) is 18.0 Å². The molecule has 1 saturated heterocycles. The number of amides is 1. The zero-order chi connectivity index (χ0) is 24.7. The summed E-state index contributed by atoms with van der Waals surface area (Å²) in [7, 11) is 0. The molecule has 1 aromatic carbocycles. The maximum absolute atomic E-state index is 12.9. The number of carbonyl (C=O) groups is 1. The van der Waals surface area contributed by atoms with Gasteiger partial charge in [-0.05, 0) is 52.2 Å². The third kappa shape index (κ3) is 5.43. The van der Waals surface area contributed by atoms with Crippen LogP contribution in [0.1, 0.15) is 50.4 Å².